The minimum absolute atomic E-state index is 0.0755. The van der Waals surface area contributed by atoms with Gasteiger partial charge in [-0.1, -0.05) is 30.3 Å². The number of carbonyl (C=O) groups is 2. The fraction of sp³-hybridized carbons (Fsp3) is 0.148. The molecule has 0 unspecified atom stereocenters. The van der Waals surface area contributed by atoms with Crippen molar-refractivity contribution < 1.29 is 14.0 Å². The lowest BCUT2D eigenvalue weighted by atomic mass is 10.1. The van der Waals surface area contributed by atoms with Gasteiger partial charge in [-0.05, 0) is 71.5 Å². The third-order valence-electron chi connectivity index (χ3n) is 6.03. The second-order valence-corrected chi connectivity index (χ2v) is 8.68. The van der Waals surface area contributed by atoms with Crippen LogP contribution in [0.3, 0.4) is 0 Å². The highest BCUT2D eigenvalue weighted by Gasteiger charge is 2.23. The van der Waals surface area contributed by atoms with E-state index in [1.54, 1.807) is 18.2 Å². The lowest BCUT2D eigenvalue weighted by molar-refractivity contribution is 0.0714. The number of hydrogen-bond donors (Lipinski definition) is 2. The molecule has 1 fully saturated rings. The molecule has 2 heterocycles. The van der Waals surface area contributed by atoms with E-state index >= 15 is 0 Å². The molecule has 2 amide bonds. The van der Waals surface area contributed by atoms with Gasteiger partial charge >= 0.3 is 0 Å². The molecule has 3 aromatic carbocycles. The molecule has 0 spiro atoms. The van der Waals surface area contributed by atoms with Crippen LogP contribution >= 0.6 is 12.2 Å². The summed E-state index contributed by atoms with van der Waals surface area (Å²) in [6.07, 6.45) is 1.51. The molecule has 1 saturated heterocycles. The summed E-state index contributed by atoms with van der Waals surface area (Å²) in [5, 5.41) is 8.12. The molecule has 7 nitrogen and oxygen atoms in total. The van der Waals surface area contributed by atoms with Crippen molar-refractivity contribution in [1.82, 2.24) is 10.2 Å². The highest BCUT2D eigenvalue weighted by atomic mass is 32.1. The Balaban J connectivity index is 1.14. The first-order valence-corrected chi connectivity index (χ1v) is 11.8. The normalized spacial score (nSPS) is 13.5. The van der Waals surface area contributed by atoms with E-state index < -0.39 is 0 Å². The number of nitrogens with one attached hydrogen (secondary N) is 2. The molecule has 0 atom stereocenters. The van der Waals surface area contributed by atoms with Crippen LogP contribution in [0.2, 0.25) is 0 Å². The zero-order valence-corrected chi connectivity index (χ0v) is 19.8. The van der Waals surface area contributed by atoms with Crippen molar-refractivity contribution in [1.29, 1.82) is 0 Å². The number of fused-ring (bicyclic) bond motifs is 1. The molecule has 5 rings (SSSR count). The van der Waals surface area contributed by atoms with Crippen LogP contribution < -0.4 is 15.5 Å². The number of amides is 2. The van der Waals surface area contributed by atoms with Gasteiger partial charge in [0.25, 0.3) is 11.8 Å². The Labute approximate surface area is 208 Å². The van der Waals surface area contributed by atoms with Crippen molar-refractivity contribution in [3.05, 3.63) is 96.4 Å². The van der Waals surface area contributed by atoms with Crippen LogP contribution in [0.15, 0.2) is 89.5 Å². The van der Waals surface area contributed by atoms with Gasteiger partial charge in [0.15, 0.2) is 10.9 Å². The average Bonchev–Trinajstić information content (AvgIpc) is 3.43. The Morgan fingerprint density at radius 3 is 2.29 bits per heavy atom. The van der Waals surface area contributed by atoms with Crippen LogP contribution in [0.5, 0.6) is 0 Å². The Kier molecular flexibility index (Phi) is 6.45. The predicted molar refractivity (Wildman–Crippen MR) is 141 cm³/mol. The molecule has 1 aliphatic rings. The van der Waals surface area contributed by atoms with E-state index in [1.807, 2.05) is 65.6 Å². The van der Waals surface area contributed by atoms with E-state index in [0.717, 1.165) is 35.2 Å². The van der Waals surface area contributed by atoms with Crippen molar-refractivity contribution in [3.8, 4) is 0 Å². The van der Waals surface area contributed by atoms with Gasteiger partial charge in [0.1, 0.15) is 0 Å². The number of benzene rings is 3. The van der Waals surface area contributed by atoms with Crippen LogP contribution in [0.25, 0.3) is 10.8 Å². The van der Waals surface area contributed by atoms with Gasteiger partial charge in [-0.15, -0.1) is 0 Å². The predicted octanol–water partition coefficient (Wildman–Crippen LogP) is 4.52. The Hall–Kier alpha value is -4.17. The number of furan rings is 1. The second kappa shape index (κ2) is 9.99. The Morgan fingerprint density at radius 2 is 1.57 bits per heavy atom. The second-order valence-electron chi connectivity index (χ2n) is 8.27. The van der Waals surface area contributed by atoms with Crippen molar-refractivity contribution in [2.75, 3.05) is 36.4 Å². The lowest BCUT2D eigenvalue weighted by Crippen LogP contribution is -2.48. The molecular weight excluding hydrogens is 460 g/mol. The summed E-state index contributed by atoms with van der Waals surface area (Å²) in [5.74, 6) is 0.0397. The van der Waals surface area contributed by atoms with Gasteiger partial charge in [-0.25, -0.2) is 0 Å². The maximum atomic E-state index is 12.6. The van der Waals surface area contributed by atoms with Gasteiger partial charge in [0.2, 0.25) is 0 Å². The highest BCUT2D eigenvalue weighted by Crippen LogP contribution is 2.21. The minimum Gasteiger partial charge on any atom is -0.459 e. The van der Waals surface area contributed by atoms with Gasteiger partial charge < -0.3 is 19.5 Å². The summed E-state index contributed by atoms with van der Waals surface area (Å²) in [4.78, 5) is 29.1. The zero-order chi connectivity index (χ0) is 24.2. The largest absolute Gasteiger partial charge is 0.459 e. The van der Waals surface area contributed by atoms with Gasteiger partial charge in [-0.2, -0.15) is 0 Å². The maximum absolute atomic E-state index is 12.6. The fourth-order valence-electron chi connectivity index (χ4n) is 4.15. The quantitative estimate of drug-likeness (QED) is 0.415. The first-order chi connectivity index (χ1) is 17.1. The molecule has 8 heteroatoms. The van der Waals surface area contributed by atoms with Crippen LogP contribution in [0.4, 0.5) is 11.4 Å². The van der Waals surface area contributed by atoms with E-state index in [4.69, 9.17) is 16.6 Å². The summed E-state index contributed by atoms with van der Waals surface area (Å²) in [6, 6.07) is 24.7. The number of rotatable bonds is 4. The Morgan fingerprint density at radius 1 is 0.829 bits per heavy atom. The molecule has 0 saturated carbocycles. The summed E-state index contributed by atoms with van der Waals surface area (Å²) in [6.45, 7) is 2.73. The van der Waals surface area contributed by atoms with Crippen molar-refractivity contribution in [2.45, 2.75) is 0 Å². The van der Waals surface area contributed by atoms with Crippen LogP contribution in [-0.2, 0) is 0 Å². The molecule has 176 valence electrons. The average molecular weight is 485 g/mol. The first-order valence-electron chi connectivity index (χ1n) is 11.4. The first kappa shape index (κ1) is 22.6. The molecule has 35 heavy (non-hydrogen) atoms. The molecule has 1 aliphatic heterocycles. The van der Waals surface area contributed by atoms with Crippen LogP contribution in [0, 0.1) is 0 Å². The monoisotopic (exact) mass is 484 g/mol. The summed E-state index contributed by atoms with van der Waals surface area (Å²) in [5.41, 5.74) is 2.39. The summed E-state index contributed by atoms with van der Waals surface area (Å²) < 4.78 is 5.22. The molecule has 0 aliphatic carbocycles. The van der Waals surface area contributed by atoms with Crippen LogP contribution in [0.1, 0.15) is 20.9 Å². The van der Waals surface area contributed by atoms with Gasteiger partial charge in [-0.3, -0.25) is 14.9 Å². The number of hydrogen-bond acceptors (Lipinski definition) is 5. The molecule has 4 aromatic rings. The topological polar surface area (TPSA) is 77.8 Å². The summed E-state index contributed by atoms with van der Waals surface area (Å²) in [7, 11) is 0. The third-order valence-corrected chi connectivity index (χ3v) is 6.23. The molecule has 1 aromatic heterocycles. The van der Waals surface area contributed by atoms with Crippen molar-refractivity contribution >= 4 is 51.3 Å². The number of carbonyl (C=O) groups excluding carboxylic acids is 2. The van der Waals surface area contributed by atoms with E-state index in [1.165, 1.54) is 6.26 Å². The van der Waals surface area contributed by atoms with Crippen molar-refractivity contribution in [3.63, 3.8) is 0 Å². The lowest BCUT2D eigenvalue weighted by Gasteiger charge is -2.35. The molecule has 0 radical (unpaired) electrons. The standard InChI is InChI=1S/C27H24N4O3S/c32-25(21-8-7-19-4-1-2-5-20(19)18-21)29-27(35)28-22-9-11-23(12-10-22)30-13-15-31(16-14-30)26(33)24-6-3-17-34-24/h1-12,17-18H,13-16H2,(H2,28,29,32,35). The number of thiocarbonyl (C=S) groups is 1. The molecular formula is C27H24N4O3S. The minimum atomic E-state index is -0.258. The third kappa shape index (κ3) is 5.17. The number of anilines is 2. The van der Waals surface area contributed by atoms with Gasteiger partial charge in [0.05, 0.1) is 6.26 Å². The van der Waals surface area contributed by atoms with Crippen LogP contribution in [-0.4, -0.2) is 48.0 Å². The van der Waals surface area contributed by atoms with E-state index in [-0.39, 0.29) is 16.9 Å². The van der Waals surface area contributed by atoms with Crippen molar-refractivity contribution in [2.24, 2.45) is 0 Å². The SMILES string of the molecule is O=C(NC(=S)Nc1ccc(N2CCN(C(=O)c3ccco3)CC2)cc1)c1ccc2ccccc2c1. The molecule has 2 N–H and O–H groups in total. The van der Waals surface area contributed by atoms with Gasteiger partial charge in [0, 0.05) is 43.1 Å². The highest BCUT2D eigenvalue weighted by molar-refractivity contribution is 7.80. The van der Waals surface area contributed by atoms with E-state index in [9.17, 15) is 9.59 Å². The summed E-state index contributed by atoms with van der Waals surface area (Å²) >= 11 is 5.34. The maximum Gasteiger partial charge on any atom is 0.289 e. The number of piperazine rings is 1. The Bertz CT molecular complexity index is 1360. The van der Waals surface area contributed by atoms with E-state index in [2.05, 4.69) is 15.5 Å². The molecule has 0 bridgehead atoms. The zero-order valence-electron chi connectivity index (χ0n) is 18.9. The fourth-order valence-corrected chi connectivity index (χ4v) is 4.36. The smallest absolute Gasteiger partial charge is 0.289 e. The number of nitrogens with zero attached hydrogens (tertiary/aromatic N) is 2. The van der Waals surface area contributed by atoms with E-state index in [0.29, 0.717) is 24.4 Å².